The van der Waals surface area contributed by atoms with Crippen LogP contribution in [0.5, 0.6) is 0 Å². The van der Waals surface area contributed by atoms with Crippen molar-refractivity contribution in [3.8, 4) is 0 Å². The highest BCUT2D eigenvalue weighted by Crippen LogP contribution is 2.30. The molecule has 2 N–H and O–H groups in total. The Balaban J connectivity index is 1.79. The lowest BCUT2D eigenvalue weighted by Gasteiger charge is -2.36. The smallest absolute Gasteiger partial charge is 0.322 e. The molecule has 0 aliphatic carbocycles. The second-order valence-electron chi connectivity index (χ2n) is 5.62. The summed E-state index contributed by atoms with van der Waals surface area (Å²) in [6.07, 6.45) is 2.54. The summed E-state index contributed by atoms with van der Waals surface area (Å²) in [5.41, 5.74) is 2.52. The minimum atomic E-state index is -0.384. The lowest BCUT2D eigenvalue weighted by atomic mass is 9.93. The quantitative estimate of drug-likeness (QED) is 0.834. The maximum absolute atomic E-state index is 13.9. The molecule has 2 aromatic carbocycles. The molecule has 2 aromatic rings. The summed E-state index contributed by atoms with van der Waals surface area (Å²) in [7, 11) is 0. The number of hydrogen-bond acceptors (Lipinski definition) is 3. The molecule has 24 heavy (non-hydrogen) atoms. The fourth-order valence-corrected chi connectivity index (χ4v) is 3.49. The molecule has 1 aliphatic heterocycles. The summed E-state index contributed by atoms with van der Waals surface area (Å²) in [5.74, 6) is -0.358. The van der Waals surface area contributed by atoms with Crippen molar-refractivity contribution in [3.63, 3.8) is 0 Å². The number of fused-ring (bicyclic) bond motifs is 1. The molecule has 1 unspecified atom stereocenters. The molecule has 1 aliphatic rings. The van der Waals surface area contributed by atoms with Crippen LogP contribution >= 0.6 is 11.8 Å². The number of amides is 2. The van der Waals surface area contributed by atoms with Crippen molar-refractivity contribution in [2.75, 3.05) is 24.7 Å². The van der Waals surface area contributed by atoms with E-state index in [9.17, 15) is 14.3 Å². The molecule has 0 spiro atoms. The van der Waals surface area contributed by atoms with Crippen LogP contribution in [0.1, 0.15) is 17.2 Å². The number of thioether (sulfide) groups is 1. The van der Waals surface area contributed by atoms with Crippen LogP contribution in [-0.4, -0.2) is 35.4 Å². The fraction of sp³-hybridized carbons (Fsp3) is 0.278. The van der Waals surface area contributed by atoms with Gasteiger partial charge in [0, 0.05) is 17.1 Å². The average Bonchev–Trinajstić information content (AvgIpc) is 2.60. The molecule has 0 aromatic heterocycles. The number of anilines is 1. The van der Waals surface area contributed by atoms with E-state index in [-0.39, 0.29) is 24.5 Å². The molecule has 0 radical (unpaired) electrons. The topological polar surface area (TPSA) is 52.6 Å². The van der Waals surface area contributed by atoms with Crippen molar-refractivity contribution < 1.29 is 14.3 Å². The fourth-order valence-electron chi connectivity index (χ4n) is 3.03. The van der Waals surface area contributed by atoms with Crippen LogP contribution in [0.4, 0.5) is 14.9 Å². The molecule has 1 heterocycles. The highest BCUT2D eigenvalue weighted by Gasteiger charge is 2.30. The van der Waals surface area contributed by atoms with E-state index in [0.29, 0.717) is 17.1 Å². The first-order valence-corrected chi connectivity index (χ1v) is 8.96. The Morgan fingerprint density at radius 2 is 2.17 bits per heavy atom. The Morgan fingerprint density at radius 3 is 2.88 bits per heavy atom. The first-order chi connectivity index (χ1) is 11.6. The van der Waals surface area contributed by atoms with Crippen LogP contribution in [0.15, 0.2) is 47.4 Å². The van der Waals surface area contributed by atoms with Crippen LogP contribution in [0.25, 0.3) is 0 Å². The molecule has 4 nitrogen and oxygen atoms in total. The van der Waals surface area contributed by atoms with E-state index in [2.05, 4.69) is 5.32 Å². The van der Waals surface area contributed by atoms with E-state index in [1.54, 1.807) is 23.3 Å². The minimum absolute atomic E-state index is 0.149. The number of rotatable bonds is 3. The number of carbonyl (C=O) groups is 1. The van der Waals surface area contributed by atoms with Gasteiger partial charge in [-0.3, -0.25) is 0 Å². The molecule has 0 bridgehead atoms. The standard InChI is InChI=1S/C18H19FN2O2S/c1-24-17-7-6-13(10-15(17)19)20-18(23)21-9-8-12-4-2-3-5-14(12)16(21)11-22/h2-7,10,16,22H,8-9,11H2,1H3,(H,20,23). The Bertz CT molecular complexity index is 754. The normalized spacial score (nSPS) is 16.6. The number of benzene rings is 2. The van der Waals surface area contributed by atoms with E-state index in [1.165, 1.54) is 17.8 Å². The van der Waals surface area contributed by atoms with Gasteiger partial charge in [-0.15, -0.1) is 11.8 Å². The van der Waals surface area contributed by atoms with Crippen LogP contribution in [0.3, 0.4) is 0 Å². The van der Waals surface area contributed by atoms with Crippen molar-refractivity contribution in [3.05, 3.63) is 59.4 Å². The number of nitrogens with zero attached hydrogens (tertiary/aromatic N) is 1. The lowest BCUT2D eigenvalue weighted by Crippen LogP contribution is -2.43. The number of aliphatic hydroxyl groups excluding tert-OH is 1. The second-order valence-corrected chi connectivity index (χ2v) is 6.47. The van der Waals surface area contributed by atoms with Gasteiger partial charge in [-0.05, 0) is 42.0 Å². The van der Waals surface area contributed by atoms with Gasteiger partial charge in [-0.1, -0.05) is 24.3 Å². The molecular weight excluding hydrogens is 327 g/mol. The van der Waals surface area contributed by atoms with Gasteiger partial charge in [0.05, 0.1) is 12.6 Å². The lowest BCUT2D eigenvalue weighted by molar-refractivity contribution is 0.135. The van der Waals surface area contributed by atoms with Gasteiger partial charge in [-0.2, -0.15) is 0 Å². The van der Waals surface area contributed by atoms with Gasteiger partial charge >= 0.3 is 6.03 Å². The predicted octanol–water partition coefficient (Wildman–Crippen LogP) is 3.67. The van der Waals surface area contributed by atoms with Crippen LogP contribution in [0, 0.1) is 5.82 Å². The highest BCUT2D eigenvalue weighted by molar-refractivity contribution is 7.98. The zero-order valence-electron chi connectivity index (χ0n) is 13.3. The third-order valence-corrected chi connectivity index (χ3v) is 5.02. The Kier molecular flexibility index (Phi) is 5.06. The molecule has 1 atom stereocenters. The summed E-state index contributed by atoms with van der Waals surface area (Å²) in [6, 6.07) is 11.7. The van der Waals surface area contributed by atoms with Crippen LogP contribution in [-0.2, 0) is 6.42 Å². The van der Waals surface area contributed by atoms with E-state index >= 15 is 0 Å². The number of urea groups is 1. The van der Waals surface area contributed by atoms with Crippen molar-refractivity contribution in [1.29, 1.82) is 0 Å². The van der Waals surface area contributed by atoms with E-state index in [4.69, 9.17) is 0 Å². The van der Waals surface area contributed by atoms with Crippen molar-refractivity contribution in [2.45, 2.75) is 17.4 Å². The van der Waals surface area contributed by atoms with E-state index in [0.717, 1.165) is 17.5 Å². The van der Waals surface area contributed by atoms with Gasteiger partial charge < -0.3 is 15.3 Å². The third kappa shape index (κ3) is 3.25. The summed E-state index contributed by atoms with van der Waals surface area (Å²) < 4.78 is 13.9. The van der Waals surface area contributed by atoms with E-state index < -0.39 is 0 Å². The minimum Gasteiger partial charge on any atom is -0.394 e. The molecular formula is C18H19FN2O2S. The summed E-state index contributed by atoms with van der Waals surface area (Å²) in [5, 5.41) is 12.5. The Morgan fingerprint density at radius 1 is 1.38 bits per heavy atom. The van der Waals surface area contributed by atoms with E-state index in [1.807, 2.05) is 24.3 Å². The number of carbonyl (C=O) groups excluding carboxylic acids is 1. The predicted molar refractivity (Wildman–Crippen MR) is 93.9 cm³/mol. The number of halogens is 1. The summed E-state index contributed by atoms with van der Waals surface area (Å²) in [4.78, 5) is 14.7. The summed E-state index contributed by atoms with van der Waals surface area (Å²) >= 11 is 1.32. The van der Waals surface area contributed by atoms with Gasteiger partial charge in [0.15, 0.2) is 0 Å². The van der Waals surface area contributed by atoms with Crippen LogP contribution in [0.2, 0.25) is 0 Å². The molecule has 0 saturated heterocycles. The van der Waals surface area contributed by atoms with Gasteiger partial charge in [-0.25, -0.2) is 9.18 Å². The molecule has 3 rings (SSSR count). The molecule has 6 heteroatoms. The maximum Gasteiger partial charge on any atom is 0.322 e. The maximum atomic E-state index is 13.9. The monoisotopic (exact) mass is 346 g/mol. The van der Waals surface area contributed by atoms with Gasteiger partial charge in [0.1, 0.15) is 5.82 Å². The number of nitrogens with one attached hydrogen (secondary N) is 1. The number of hydrogen-bond donors (Lipinski definition) is 2. The Hall–Kier alpha value is -2.05. The number of aliphatic hydroxyl groups is 1. The van der Waals surface area contributed by atoms with Crippen molar-refractivity contribution in [1.82, 2.24) is 4.90 Å². The van der Waals surface area contributed by atoms with Gasteiger partial charge in [0.25, 0.3) is 0 Å². The third-order valence-electron chi connectivity index (χ3n) is 4.25. The van der Waals surface area contributed by atoms with Gasteiger partial charge in [0.2, 0.25) is 0 Å². The first kappa shape index (κ1) is 16.8. The SMILES string of the molecule is CSc1ccc(NC(=O)N2CCc3ccccc3C2CO)cc1F. The summed E-state index contributed by atoms with van der Waals surface area (Å²) in [6.45, 7) is 0.365. The first-order valence-electron chi connectivity index (χ1n) is 7.74. The van der Waals surface area contributed by atoms with Crippen LogP contribution < -0.4 is 5.32 Å². The Labute approximate surface area is 144 Å². The molecule has 2 amide bonds. The molecule has 0 saturated carbocycles. The second kappa shape index (κ2) is 7.23. The largest absolute Gasteiger partial charge is 0.394 e. The average molecular weight is 346 g/mol. The molecule has 0 fully saturated rings. The zero-order chi connectivity index (χ0) is 17.1. The van der Waals surface area contributed by atoms with Crippen molar-refractivity contribution in [2.24, 2.45) is 0 Å². The highest BCUT2D eigenvalue weighted by atomic mass is 32.2. The zero-order valence-corrected chi connectivity index (χ0v) is 14.1. The van der Waals surface area contributed by atoms with Crippen molar-refractivity contribution >= 4 is 23.5 Å². The molecule has 126 valence electrons.